The first-order valence-electron chi connectivity index (χ1n) is 6.98. The van der Waals surface area contributed by atoms with Crippen molar-refractivity contribution >= 4 is 48.0 Å². The van der Waals surface area contributed by atoms with Crippen molar-refractivity contribution in [3.05, 3.63) is 57.8 Å². The van der Waals surface area contributed by atoms with Gasteiger partial charge in [0, 0.05) is 14.3 Å². The van der Waals surface area contributed by atoms with Crippen molar-refractivity contribution in [1.82, 2.24) is 0 Å². The van der Waals surface area contributed by atoms with Crippen LogP contribution in [0.3, 0.4) is 0 Å². The van der Waals surface area contributed by atoms with Crippen LogP contribution in [0.4, 0.5) is 0 Å². The lowest BCUT2D eigenvalue weighted by Crippen LogP contribution is -1.91. The predicted octanol–water partition coefficient (Wildman–Crippen LogP) is 6.79. The summed E-state index contributed by atoms with van der Waals surface area (Å²) in [6.45, 7) is 2.24. The fourth-order valence-electron chi connectivity index (χ4n) is 2.31. The van der Waals surface area contributed by atoms with Gasteiger partial charge in [0.1, 0.15) is 0 Å². The highest BCUT2D eigenvalue weighted by molar-refractivity contribution is 9.09. The molecule has 3 rings (SSSR count). The number of hydrogen-bond acceptors (Lipinski definition) is 2. The lowest BCUT2D eigenvalue weighted by molar-refractivity contribution is 0.795. The van der Waals surface area contributed by atoms with E-state index in [-0.39, 0.29) is 0 Å². The Labute approximate surface area is 136 Å². The Morgan fingerprint density at radius 1 is 1.10 bits per heavy atom. The lowest BCUT2D eigenvalue weighted by Gasteiger charge is -2.09. The Morgan fingerprint density at radius 3 is 2.60 bits per heavy atom. The normalized spacial score (nSPS) is 12.9. The van der Waals surface area contributed by atoms with Crippen molar-refractivity contribution in [2.24, 2.45) is 0 Å². The van der Waals surface area contributed by atoms with Crippen LogP contribution in [0.25, 0.3) is 9.40 Å². The van der Waals surface area contributed by atoms with Gasteiger partial charge in [0.15, 0.2) is 0 Å². The minimum absolute atomic E-state index is 0.312. The summed E-state index contributed by atoms with van der Waals surface area (Å²) in [5.74, 6) is 0. The van der Waals surface area contributed by atoms with Crippen LogP contribution in [-0.2, 0) is 6.42 Å². The first kappa shape index (κ1) is 14.3. The molecule has 3 aromatic rings. The van der Waals surface area contributed by atoms with Crippen LogP contribution in [0.2, 0.25) is 0 Å². The topological polar surface area (TPSA) is 0 Å². The standard InChI is InChI=1S/C17H17BrS2/c1-2-3-4-12-5-7-13(8-6-12)17(18)16-11-15-14(20-16)9-10-19-15/h5-11,17H,2-4H2,1H3. The number of thiophene rings is 2. The van der Waals surface area contributed by atoms with Gasteiger partial charge in [-0.15, -0.1) is 22.7 Å². The smallest absolute Gasteiger partial charge is 0.0738 e. The van der Waals surface area contributed by atoms with E-state index >= 15 is 0 Å². The average Bonchev–Trinajstić information content (AvgIpc) is 3.06. The third-order valence-electron chi connectivity index (χ3n) is 3.50. The molecule has 1 unspecified atom stereocenters. The van der Waals surface area contributed by atoms with E-state index in [0.29, 0.717) is 4.83 Å². The molecule has 104 valence electrons. The molecule has 0 nitrogen and oxygen atoms in total. The molecule has 20 heavy (non-hydrogen) atoms. The Morgan fingerprint density at radius 2 is 1.90 bits per heavy atom. The van der Waals surface area contributed by atoms with Gasteiger partial charge in [-0.25, -0.2) is 0 Å². The van der Waals surface area contributed by atoms with Gasteiger partial charge in [0.25, 0.3) is 0 Å². The molecule has 0 radical (unpaired) electrons. The van der Waals surface area contributed by atoms with Crippen LogP contribution in [0.1, 0.15) is 40.6 Å². The maximum Gasteiger partial charge on any atom is 0.0738 e. The Balaban J connectivity index is 1.79. The third kappa shape index (κ3) is 3.00. The highest BCUT2D eigenvalue weighted by Crippen LogP contribution is 2.40. The van der Waals surface area contributed by atoms with Gasteiger partial charge >= 0.3 is 0 Å². The van der Waals surface area contributed by atoms with Crippen LogP contribution in [0, 0.1) is 0 Å². The van der Waals surface area contributed by atoms with Crippen molar-refractivity contribution in [3.63, 3.8) is 0 Å². The first-order valence-corrected chi connectivity index (χ1v) is 9.59. The Bertz CT molecular complexity index is 650. The summed E-state index contributed by atoms with van der Waals surface area (Å²) < 4.78 is 2.79. The molecule has 0 bridgehead atoms. The number of unbranched alkanes of at least 4 members (excludes halogenated alkanes) is 1. The SMILES string of the molecule is CCCCc1ccc(C(Br)c2cc3sccc3s2)cc1. The van der Waals surface area contributed by atoms with E-state index < -0.39 is 0 Å². The Hall–Kier alpha value is -0.640. The van der Waals surface area contributed by atoms with Gasteiger partial charge in [-0.05, 0) is 41.5 Å². The second-order valence-electron chi connectivity index (χ2n) is 5.01. The molecule has 0 spiro atoms. The molecule has 3 heteroatoms. The van der Waals surface area contributed by atoms with Crippen molar-refractivity contribution in [2.45, 2.75) is 31.0 Å². The zero-order chi connectivity index (χ0) is 13.9. The number of fused-ring (bicyclic) bond motifs is 1. The number of rotatable bonds is 5. The van der Waals surface area contributed by atoms with Crippen LogP contribution in [0.15, 0.2) is 41.8 Å². The second-order valence-corrected chi connectivity index (χ2v) is 7.98. The molecule has 0 amide bonds. The maximum atomic E-state index is 3.85. The summed E-state index contributed by atoms with van der Waals surface area (Å²) in [4.78, 5) is 1.71. The summed E-state index contributed by atoms with van der Waals surface area (Å²) in [6, 6.07) is 13.6. The average molecular weight is 365 g/mol. The molecule has 2 heterocycles. The molecular formula is C17H17BrS2. The molecule has 1 aromatic carbocycles. The molecule has 0 N–H and O–H groups in total. The summed E-state index contributed by atoms with van der Waals surface area (Å²) in [7, 11) is 0. The number of halogens is 1. The number of hydrogen-bond donors (Lipinski definition) is 0. The monoisotopic (exact) mass is 364 g/mol. The van der Waals surface area contributed by atoms with Crippen molar-refractivity contribution in [2.75, 3.05) is 0 Å². The van der Waals surface area contributed by atoms with E-state index in [2.05, 4.69) is 64.6 Å². The van der Waals surface area contributed by atoms with Gasteiger partial charge in [0.2, 0.25) is 0 Å². The minimum atomic E-state index is 0.312. The fourth-order valence-corrected chi connectivity index (χ4v) is 5.15. The molecule has 2 aromatic heterocycles. The molecule has 0 saturated heterocycles. The van der Waals surface area contributed by atoms with Crippen molar-refractivity contribution in [3.8, 4) is 0 Å². The lowest BCUT2D eigenvalue weighted by atomic mass is 10.0. The zero-order valence-corrected chi connectivity index (χ0v) is 14.7. The van der Waals surface area contributed by atoms with Crippen LogP contribution >= 0.6 is 38.6 Å². The van der Waals surface area contributed by atoms with E-state index in [9.17, 15) is 0 Å². The zero-order valence-electron chi connectivity index (χ0n) is 11.4. The van der Waals surface area contributed by atoms with E-state index in [1.807, 2.05) is 22.7 Å². The molecule has 0 aliphatic carbocycles. The van der Waals surface area contributed by atoms with Crippen LogP contribution in [0.5, 0.6) is 0 Å². The summed E-state index contributed by atoms with van der Waals surface area (Å²) >= 11 is 7.56. The van der Waals surface area contributed by atoms with Crippen LogP contribution in [-0.4, -0.2) is 0 Å². The fraction of sp³-hybridized carbons (Fsp3) is 0.294. The van der Waals surface area contributed by atoms with Gasteiger partial charge < -0.3 is 0 Å². The van der Waals surface area contributed by atoms with Crippen LogP contribution < -0.4 is 0 Å². The highest BCUT2D eigenvalue weighted by atomic mass is 79.9. The van der Waals surface area contributed by atoms with Gasteiger partial charge in [-0.1, -0.05) is 53.5 Å². The van der Waals surface area contributed by atoms with E-state index in [1.165, 1.54) is 44.7 Å². The van der Waals surface area contributed by atoms with E-state index in [0.717, 1.165) is 0 Å². The number of aryl methyl sites for hydroxylation is 1. The summed E-state index contributed by atoms with van der Waals surface area (Å²) in [5.41, 5.74) is 2.79. The van der Waals surface area contributed by atoms with E-state index in [4.69, 9.17) is 0 Å². The highest BCUT2D eigenvalue weighted by Gasteiger charge is 2.14. The van der Waals surface area contributed by atoms with Gasteiger partial charge in [-0.2, -0.15) is 0 Å². The van der Waals surface area contributed by atoms with Crippen molar-refractivity contribution in [1.29, 1.82) is 0 Å². The van der Waals surface area contributed by atoms with Crippen molar-refractivity contribution < 1.29 is 0 Å². The largest absolute Gasteiger partial charge is 0.143 e. The first-order chi connectivity index (χ1) is 9.78. The molecule has 0 aliphatic heterocycles. The summed E-state index contributed by atoms with van der Waals surface area (Å²) in [5, 5.41) is 2.16. The number of benzene rings is 1. The molecule has 0 aliphatic rings. The molecule has 0 fully saturated rings. The molecule has 1 atom stereocenters. The summed E-state index contributed by atoms with van der Waals surface area (Å²) in [6.07, 6.45) is 3.73. The number of alkyl halides is 1. The molecular weight excluding hydrogens is 348 g/mol. The van der Waals surface area contributed by atoms with Gasteiger partial charge in [0.05, 0.1) is 4.83 Å². The molecule has 0 saturated carbocycles. The second kappa shape index (κ2) is 6.42. The Kier molecular flexibility index (Phi) is 4.59. The van der Waals surface area contributed by atoms with E-state index in [1.54, 1.807) is 0 Å². The quantitative estimate of drug-likeness (QED) is 0.437. The van der Waals surface area contributed by atoms with Gasteiger partial charge in [-0.3, -0.25) is 0 Å². The minimum Gasteiger partial charge on any atom is -0.143 e. The predicted molar refractivity (Wildman–Crippen MR) is 95.5 cm³/mol. The maximum absolute atomic E-state index is 3.85. The third-order valence-corrected chi connectivity index (χ3v) is 6.98.